The average Bonchev–Trinajstić information content (AvgIpc) is 3.77. The maximum Gasteiger partial charge on any atom is 0.228 e. The van der Waals surface area contributed by atoms with Gasteiger partial charge in [0.15, 0.2) is 11.2 Å². The second-order valence-electron chi connectivity index (χ2n) is 10.8. The minimum absolute atomic E-state index is 0.537. The fourth-order valence-electron chi connectivity index (χ4n) is 5.30. The molecule has 2 aromatic carbocycles. The number of ether oxygens (including phenoxy) is 2. The smallest absolute Gasteiger partial charge is 0.228 e. The molecule has 4 aromatic heterocycles. The Kier molecular flexibility index (Phi) is 9.62. The number of isothiocyanates is 2. The minimum atomic E-state index is 0.537. The highest BCUT2D eigenvalue weighted by Crippen LogP contribution is 2.29. The summed E-state index contributed by atoms with van der Waals surface area (Å²) >= 11 is 9.25. The van der Waals surface area contributed by atoms with Crippen LogP contribution in [0.15, 0.2) is 91.9 Å². The van der Waals surface area contributed by atoms with Crippen molar-refractivity contribution in [3.63, 3.8) is 0 Å². The Labute approximate surface area is 285 Å². The summed E-state index contributed by atoms with van der Waals surface area (Å²) in [4.78, 5) is 30.4. The fraction of sp³-hybridized carbons (Fsp3) is 0.235. The molecule has 0 amide bonds. The molecule has 0 bridgehead atoms. The molecule has 0 atom stereocenters. The molecule has 6 heterocycles. The Bertz CT molecular complexity index is 1970. The van der Waals surface area contributed by atoms with Crippen LogP contribution in [0.1, 0.15) is 0 Å². The number of oxazole rings is 2. The number of anilines is 2. The molecule has 0 aliphatic carbocycles. The largest absolute Gasteiger partial charge is 0.436 e. The highest BCUT2D eigenvalue weighted by molar-refractivity contribution is 7.78. The third-order valence-corrected chi connectivity index (χ3v) is 7.94. The monoisotopic (exact) mass is 676 g/mol. The van der Waals surface area contributed by atoms with Crippen LogP contribution in [0.3, 0.4) is 0 Å². The van der Waals surface area contributed by atoms with Crippen molar-refractivity contribution in [2.75, 3.05) is 62.4 Å². The fourth-order valence-corrected chi connectivity index (χ4v) is 5.52. The first-order valence-corrected chi connectivity index (χ1v) is 16.0. The van der Waals surface area contributed by atoms with E-state index in [-0.39, 0.29) is 0 Å². The zero-order chi connectivity index (χ0) is 32.7. The lowest BCUT2D eigenvalue weighted by Crippen LogP contribution is -2.36. The van der Waals surface area contributed by atoms with E-state index in [4.69, 9.17) is 18.3 Å². The summed E-state index contributed by atoms with van der Waals surface area (Å²) < 4.78 is 22.3. The third-order valence-electron chi connectivity index (χ3n) is 7.75. The molecule has 240 valence electrons. The Morgan fingerprint density at radius 2 is 1.10 bits per heavy atom. The second-order valence-corrected chi connectivity index (χ2v) is 11.1. The first-order valence-electron chi connectivity index (χ1n) is 15.2. The van der Waals surface area contributed by atoms with Crippen LogP contribution in [0.25, 0.3) is 45.1 Å². The maximum absolute atomic E-state index is 5.82. The predicted molar refractivity (Wildman–Crippen MR) is 190 cm³/mol. The van der Waals surface area contributed by atoms with Crippen molar-refractivity contribution >= 4 is 80.0 Å². The Morgan fingerprint density at radius 3 is 1.65 bits per heavy atom. The maximum atomic E-state index is 5.82. The Hall–Kier alpha value is -5.20. The topological polar surface area (TPSA) is 128 Å². The predicted octanol–water partition coefficient (Wildman–Crippen LogP) is 6.92. The van der Waals surface area contributed by atoms with Crippen molar-refractivity contribution in [1.82, 2.24) is 19.9 Å². The average molecular weight is 677 g/mol. The first kappa shape index (κ1) is 31.4. The van der Waals surface area contributed by atoms with E-state index in [1.165, 1.54) is 0 Å². The van der Waals surface area contributed by atoms with E-state index in [1.807, 2.05) is 54.6 Å². The lowest BCUT2D eigenvalue weighted by molar-refractivity contribution is 0.122. The summed E-state index contributed by atoms with van der Waals surface area (Å²) in [6.07, 6.45) is 3.57. The number of aromatic nitrogens is 4. The van der Waals surface area contributed by atoms with Gasteiger partial charge >= 0.3 is 0 Å². The van der Waals surface area contributed by atoms with E-state index in [2.05, 4.69) is 74.5 Å². The highest BCUT2D eigenvalue weighted by Gasteiger charge is 2.16. The van der Waals surface area contributed by atoms with Crippen LogP contribution in [0.4, 0.5) is 23.0 Å². The summed E-state index contributed by atoms with van der Waals surface area (Å²) in [6.45, 7) is 6.39. The SMILES string of the molecule is S=C=Nc1ccc2nc(-c3ccc(N4CCOCC4)nc3)oc2c1.S=C=Nc1ccc2oc(-c3ccc(N4CCOCC4)nc3)nc2c1. The van der Waals surface area contributed by atoms with Crippen LogP contribution in [0.2, 0.25) is 0 Å². The number of benzene rings is 2. The van der Waals surface area contributed by atoms with Crippen molar-refractivity contribution in [3.8, 4) is 22.9 Å². The van der Waals surface area contributed by atoms with Gasteiger partial charge in [0.2, 0.25) is 11.8 Å². The summed E-state index contributed by atoms with van der Waals surface area (Å²) in [5, 5.41) is 4.70. The molecule has 0 radical (unpaired) electrons. The first-order chi connectivity index (χ1) is 23.7. The van der Waals surface area contributed by atoms with Crippen molar-refractivity contribution in [3.05, 3.63) is 73.1 Å². The van der Waals surface area contributed by atoms with Crippen LogP contribution in [-0.2, 0) is 9.47 Å². The van der Waals surface area contributed by atoms with Gasteiger partial charge in [0.1, 0.15) is 22.7 Å². The third kappa shape index (κ3) is 7.19. The molecule has 12 nitrogen and oxygen atoms in total. The number of fused-ring (bicyclic) bond motifs is 2. The van der Waals surface area contributed by atoms with Gasteiger partial charge in [-0.25, -0.2) is 19.9 Å². The van der Waals surface area contributed by atoms with Gasteiger partial charge in [0, 0.05) is 44.6 Å². The zero-order valence-electron chi connectivity index (χ0n) is 25.6. The van der Waals surface area contributed by atoms with Crippen LogP contribution >= 0.6 is 24.4 Å². The zero-order valence-corrected chi connectivity index (χ0v) is 27.2. The van der Waals surface area contributed by atoms with Crippen LogP contribution in [0.5, 0.6) is 0 Å². The van der Waals surface area contributed by atoms with Gasteiger partial charge in [-0.2, -0.15) is 9.98 Å². The molecule has 0 saturated carbocycles. The number of rotatable bonds is 6. The van der Waals surface area contributed by atoms with Crippen molar-refractivity contribution in [1.29, 1.82) is 0 Å². The molecule has 48 heavy (non-hydrogen) atoms. The number of aliphatic imine (C=N–C) groups is 2. The van der Waals surface area contributed by atoms with E-state index in [1.54, 1.807) is 18.5 Å². The molecular weight excluding hydrogens is 649 g/mol. The molecule has 8 rings (SSSR count). The van der Waals surface area contributed by atoms with Crippen LogP contribution in [-0.4, -0.2) is 82.9 Å². The van der Waals surface area contributed by atoms with Gasteiger partial charge in [-0.05, 0) is 79.0 Å². The standard InChI is InChI=1S/2C17H14N4O2S/c24-11-19-13-2-3-15-14(9-13)20-17(23-15)12-1-4-16(18-10-12)21-5-7-22-8-6-21;24-11-19-13-2-3-14-15(9-13)23-17(20-14)12-1-4-16(18-10-12)21-5-7-22-8-6-21/h2*1-4,9-10H,5-8H2. The van der Waals surface area contributed by atoms with Crippen LogP contribution < -0.4 is 9.80 Å². The number of nitrogens with zero attached hydrogens (tertiary/aromatic N) is 8. The molecule has 2 fully saturated rings. The van der Waals surface area contributed by atoms with Gasteiger partial charge in [-0.3, -0.25) is 0 Å². The lowest BCUT2D eigenvalue weighted by Gasteiger charge is -2.27. The van der Waals surface area contributed by atoms with E-state index in [0.29, 0.717) is 34.3 Å². The summed E-state index contributed by atoms with van der Waals surface area (Å²) in [6, 6.07) is 18.8. The van der Waals surface area contributed by atoms with Crippen molar-refractivity contribution < 1.29 is 18.3 Å². The number of morpholine rings is 2. The van der Waals surface area contributed by atoms with Crippen molar-refractivity contribution in [2.24, 2.45) is 9.98 Å². The summed E-state index contributed by atoms with van der Waals surface area (Å²) in [5.74, 6) is 2.95. The lowest BCUT2D eigenvalue weighted by atomic mass is 10.2. The molecule has 14 heteroatoms. The minimum Gasteiger partial charge on any atom is -0.436 e. The van der Waals surface area contributed by atoms with Gasteiger partial charge in [-0.15, -0.1) is 0 Å². The second kappa shape index (κ2) is 14.7. The van der Waals surface area contributed by atoms with E-state index < -0.39 is 0 Å². The number of pyridine rings is 2. The normalized spacial score (nSPS) is 14.6. The van der Waals surface area contributed by atoms with Crippen molar-refractivity contribution in [2.45, 2.75) is 0 Å². The molecule has 0 spiro atoms. The van der Waals surface area contributed by atoms with Crippen LogP contribution in [0, 0.1) is 0 Å². The van der Waals surface area contributed by atoms with Gasteiger partial charge in [0.25, 0.3) is 0 Å². The number of hydrogen-bond donors (Lipinski definition) is 0. The van der Waals surface area contributed by atoms with E-state index in [9.17, 15) is 0 Å². The number of thiocarbonyl (C=S) groups is 2. The van der Waals surface area contributed by atoms with Gasteiger partial charge < -0.3 is 28.1 Å². The molecule has 6 aromatic rings. The number of hydrogen-bond acceptors (Lipinski definition) is 14. The van der Waals surface area contributed by atoms with E-state index >= 15 is 0 Å². The molecule has 0 N–H and O–H groups in total. The Morgan fingerprint density at radius 1 is 0.583 bits per heavy atom. The summed E-state index contributed by atoms with van der Waals surface area (Å²) in [7, 11) is 0. The molecular formula is C34H28N8O4S2. The molecule has 0 unspecified atom stereocenters. The molecule has 2 aliphatic heterocycles. The molecule has 2 saturated heterocycles. The molecule has 2 aliphatic rings. The quantitative estimate of drug-likeness (QED) is 0.134. The van der Waals surface area contributed by atoms with E-state index in [0.717, 1.165) is 86.4 Å². The van der Waals surface area contributed by atoms with Gasteiger partial charge in [0.05, 0.1) is 59.3 Å². The Balaban J connectivity index is 0.000000152. The summed E-state index contributed by atoms with van der Waals surface area (Å²) in [5.41, 5.74) is 5.93. The van der Waals surface area contributed by atoms with Gasteiger partial charge in [-0.1, -0.05) is 0 Å². The highest BCUT2D eigenvalue weighted by atomic mass is 32.1.